The van der Waals surface area contributed by atoms with Gasteiger partial charge in [-0.3, -0.25) is 4.79 Å². The summed E-state index contributed by atoms with van der Waals surface area (Å²) in [6.07, 6.45) is 1.72. The Labute approximate surface area is 101 Å². The number of aromatic nitrogens is 1. The SMILES string of the molecule is COC(=O)c1c(C)ccn(CC(C)(C)C)c1=O. The van der Waals surface area contributed by atoms with Gasteiger partial charge in [-0.2, -0.15) is 0 Å². The van der Waals surface area contributed by atoms with Crippen LogP contribution in [0.4, 0.5) is 0 Å². The van der Waals surface area contributed by atoms with Gasteiger partial charge in [-0.05, 0) is 24.0 Å². The summed E-state index contributed by atoms with van der Waals surface area (Å²) < 4.78 is 6.19. The lowest BCUT2D eigenvalue weighted by Gasteiger charge is -2.20. The van der Waals surface area contributed by atoms with Gasteiger partial charge in [0.15, 0.2) is 0 Å². The van der Waals surface area contributed by atoms with Crippen molar-refractivity contribution < 1.29 is 9.53 Å². The van der Waals surface area contributed by atoms with Crippen molar-refractivity contribution in [1.82, 2.24) is 4.57 Å². The first-order valence-corrected chi connectivity index (χ1v) is 5.54. The number of methoxy groups -OCH3 is 1. The number of carbonyl (C=O) groups is 1. The van der Waals surface area contributed by atoms with Crippen LogP contribution in [0.25, 0.3) is 0 Å². The molecule has 0 aliphatic carbocycles. The molecule has 0 saturated heterocycles. The van der Waals surface area contributed by atoms with Gasteiger partial charge in [0.1, 0.15) is 5.56 Å². The molecule has 0 aliphatic heterocycles. The Balaban J connectivity index is 3.29. The van der Waals surface area contributed by atoms with Crippen LogP contribution in [0.1, 0.15) is 36.7 Å². The van der Waals surface area contributed by atoms with E-state index in [-0.39, 0.29) is 16.5 Å². The summed E-state index contributed by atoms with van der Waals surface area (Å²) in [6, 6.07) is 1.76. The highest BCUT2D eigenvalue weighted by atomic mass is 16.5. The molecule has 1 rings (SSSR count). The first-order chi connectivity index (χ1) is 7.76. The van der Waals surface area contributed by atoms with Gasteiger partial charge in [0.05, 0.1) is 7.11 Å². The Morgan fingerprint density at radius 1 is 1.41 bits per heavy atom. The van der Waals surface area contributed by atoms with Gasteiger partial charge in [-0.15, -0.1) is 0 Å². The molecule has 0 N–H and O–H groups in total. The molecule has 17 heavy (non-hydrogen) atoms. The lowest BCUT2D eigenvalue weighted by molar-refractivity contribution is 0.0596. The number of rotatable bonds is 2. The molecule has 0 amide bonds. The van der Waals surface area contributed by atoms with Crippen molar-refractivity contribution in [2.45, 2.75) is 34.2 Å². The van der Waals surface area contributed by atoms with Gasteiger partial charge in [-0.25, -0.2) is 4.79 Å². The second kappa shape index (κ2) is 4.73. The van der Waals surface area contributed by atoms with Gasteiger partial charge in [0, 0.05) is 12.7 Å². The molecule has 0 fully saturated rings. The zero-order valence-electron chi connectivity index (χ0n) is 11.0. The highest BCUT2D eigenvalue weighted by Gasteiger charge is 2.18. The maximum atomic E-state index is 12.1. The van der Waals surface area contributed by atoms with Gasteiger partial charge >= 0.3 is 5.97 Å². The van der Waals surface area contributed by atoms with Crippen LogP contribution in [0.2, 0.25) is 0 Å². The predicted molar refractivity (Wildman–Crippen MR) is 66.2 cm³/mol. The Morgan fingerprint density at radius 2 is 2.00 bits per heavy atom. The normalized spacial score (nSPS) is 11.4. The van der Waals surface area contributed by atoms with Gasteiger partial charge < -0.3 is 9.30 Å². The second-order valence-electron chi connectivity index (χ2n) is 5.36. The van der Waals surface area contributed by atoms with Gasteiger partial charge in [0.25, 0.3) is 5.56 Å². The largest absolute Gasteiger partial charge is 0.465 e. The summed E-state index contributed by atoms with van der Waals surface area (Å²) in [7, 11) is 1.28. The van der Waals surface area contributed by atoms with E-state index in [2.05, 4.69) is 4.74 Å². The average molecular weight is 237 g/mol. The average Bonchev–Trinajstić information content (AvgIpc) is 2.20. The Kier molecular flexibility index (Phi) is 3.76. The highest BCUT2D eigenvalue weighted by Crippen LogP contribution is 2.15. The van der Waals surface area contributed by atoms with Crippen LogP contribution in [-0.2, 0) is 11.3 Å². The first-order valence-electron chi connectivity index (χ1n) is 5.54. The van der Waals surface area contributed by atoms with Crippen molar-refractivity contribution in [3.63, 3.8) is 0 Å². The molecule has 4 heteroatoms. The number of carbonyl (C=O) groups excluding carboxylic acids is 1. The molecule has 0 bridgehead atoms. The zero-order valence-corrected chi connectivity index (χ0v) is 11.0. The molecular formula is C13H19NO3. The molecule has 0 unspecified atom stereocenters. The van der Waals surface area contributed by atoms with E-state index in [9.17, 15) is 9.59 Å². The van der Waals surface area contributed by atoms with E-state index in [1.807, 2.05) is 20.8 Å². The molecule has 1 aromatic rings. The summed E-state index contributed by atoms with van der Waals surface area (Å²) in [5.41, 5.74) is 0.463. The topological polar surface area (TPSA) is 48.3 Å². The summed E-state index contributed by atoms with van der Waals surface area (Å²) in [4.78, 5) is 23.7. The third-order valence-electron chi connectivity index (χ3n) is 2.41. The number of nitrogens with zero attached hydrogens (tertiary/aromatic N) is 1. The van der Waals surface area contributed by atoms with Crippen LogP contribution in [0.15, 0.2) is 17.1 Å². The van der Waals surface area contributed by atoms with E-state index in [1.165, 1.54) is 7.11 Å². The van der Waals surface area contributed by atoms with E-state index >= 15 is 0 Å². The van der Waals surface area contributed by atoms with Crippen molar-refractivity contribution >= 4 is 5.97 Å². The zero-order chi connectivity index (χ0) is 13.2. The molecule has 0 radical (unpaired) electrons. The Hall–Kier alpha value is -1.58. The smallest absolute Gasteiger partial charge is 0.343 e. The van der Waals surface area contributed by atoms with Crippen LogP contribution < -0.4 is 5.56 Å². The van der Waals surface area contributed by atoms with Crippen LogP contribution in [0, 0.1) is 12.3 Å². The first kappa shape index (κ1) is 13.5. The summed E-state index contributed by atoms with van der Waals surface area (Å²) in [6.45, 7) is 8.41. The molecule has 0 spiro atoms. The molecule has 94 valence electrons. The minimum atomic E-state index is -0.573. The molecular weight excluding hydrogens is 218 g/mol. The van der Waals surface area contributed by atoms with E-state index in [4.69, 9.17) is 0 Å². The van der Waals surface area contributed by atoms with Gasteiger partial charge in [-0.1, -0.05) is 20.8 Å². The highest BCUT2D eigenvalue weighted by molar-refractivity contribution is 5.90. The quantitative estimate of drug-likeness (QED) is 0.739. The summed E-state index contributed by atoms with van der Waals surface area (Å²) >= 11 is 0. The predicted octanol–water partition coefficient (Wildman–Crippen LogP) is 1.99. The minimum Gasteiger partial charge on any atom is -0.465 e. The van der Waals surface area contributed by atoms with E-state index in [0.717, 1.165) is 0 Å². The third kappa shape index (κ3) is 3.19. The lowest BCUT2D eigenvalue weighted by Crippen LogP contribution is -2.31. The summed E-state index contributed by atoms with van der Waals surface area (Å²) in [5.74, 6) is -0.573. The van der Waals surface area contributed by atoms with Crippen molar-refractivity contribution in [2.75, 3.05) is 7.11 Å². The fraction of sp³-hybridized carbons (Fsp3) is 0.538. The minimum absolute atomic E-state index is 0.0214. The third-order valence-corrected chi connectivity index (χ3v) is 2.41. The molecule has 1 heterocycles. The fourth-order valence-corrected chi connectivity index (χ4v) is 1.65. The second-order valence-corrected chi connectivity index (χ2v) is 5.36. The van der Waals surface area contributed by atoms with Crippen LogP contribution in [-0.4, -0.2) is 17.6 Å². The summed E-state index contributed by atoms with van der Waals surface area (Å²) in [5, 5.41) is 0. The molecule has 1 aromatic heterocycles. The van der Waals surface area contributed by atoms with Crippen LogP contribution in [0.5, 0.6) is 0 Å². The number of pyridine rings is 1. The number of ether oxygens (including phenoxy) is 1. The number of hydrogen-bond acceptors (Lipinski definition) is 3. The standard InChI is InChI=1S/C13H19NO3/c1-9-6-7-14(8-13(2,3)4)11(15)10(9)12(16)17-5/h6-7H,8H2,1-5H3. The van der Waals surface area contributed by atoms with E-state index in [0.29, 0.717) is 12.1 Å². The maximum absolute atomic E-state index is 12.1. The van der Waals surface area contributed by atoms with Gasteiger partial charge in [0.2, 0.25) is 0 Å². The monoisotopic (exact) mass is 237 g/mol. The molecule has 4 nitrogen and oxygen atoms in total. The lowest BCUT2D eigenvalue weighted by atomic mass is 9.96. The molecule has 0 aromatic carbocycles. The van der Waals surface area contributed by atoms with Crippen molar-refractivity contribution in [3.05, 3.63) is 33.7 Å². The maximum Gasteiger partial charge on any atom is 0.343 e. The van der Waals surface area contributed by atoms with Crippen LogP contribution >= 0.6 is 0 Å². The number of hydrogen-bond donors (Lipinski definition) is 0. The van der Waals surface area contributed by atoms with E-state index in [1.54, 1.807) is 23.8 Å². The van der Waals surface area contributed by atoms with Crippen LogP contribution in [0.3, 0.4) is 0 Å². The fourth-order valence-electron chi connectivity index (χ4n) is 1.65. The number of esters is 1. The Bertz CT molecular complexity index is 480. The molecule has 0 saturated carbocycles. The van der Waals surface area contributed by atoms with Crippen molar-refractivity contribution in [3.8, 4) is 0 Å². The molecule has 0 atom stereocenters. The van der Waals surface area contributed by atoms with E-state index < -0.39 is 5.97 Å². The molecule has 0 aliphatic rings. The Morgan fingerprint density at radius 3 is 2.47 bits per heavy atom. The van der Waals surface area contributed by atoms with Crippen molar-refractivity contribution in [1.29, 1.82) is 0 Å². The number of aryl methyl sites for hydroxylation is 1. The van der Waals surface area contributed by atoms with Crippen molar-refractivity contribution in [2.24, 2.45) is 5.41 Å².